The Kier molecular flexibility index (Phi) is 1.22. The van der Waals surface area contributed by atoms with E-state index in [9.17, 15) is 8.96 Å². The van der Waals surface area contributed by atoms with Crippen LogP contribution < -0.4 is 0 Å². The lowest BCUT2D eigenvalue weighted by molar-refractivity contribution is -0.0907. The molecule has 0 aliphatic heterocycles. The molecule has 0 amide bonds. The Hall–Kier alpha value is -0.850. The number of rotatable bonds is 0. The van der Waals surface area contributed by atoms with E-state index >= 15 is 0 Å². The number of nitriles is 1. The van der Waals surface area contributed by atoms with Crippen molar-refractivity contribution in [1.29, 1.82) is 5.26 Å². The molecule has 0 aliphatic rings. The molecule has 28 valence electrons. The highest BCUT2D eigenvalue weighted by atomic mass is 19.4. The van der Waals surface area contributed by atoms with Gasteiger partial charge in [0.05, 0.1) is 0 Å². The van der Waals surface area contributed by atoms with Crippen LogP contribution in [0.1, 0.15) is 0 Å². The van der Waals surface area contributed by atoms with Crippen LogP contribution in [0.25, 0.3) is 0 Å². The summed E-state index contributed by atoms with van der Waals surface area (Å²) in [6.07, 6.45) is 0.528. The average Bonchev–Trinajstić information content (AvgIpc) is 1.38. The summed E-state index contributed by atoms with van der Waals surface area (Å²) in [7, 11) is 0. The van der Waals surface area contributed by atoms with Crippen LogP contribution in [0, 0.1) is 11.5 Å². The van der Waals surface area contributed by atoms with Gasteiger partial charge in [-0.25, -0.2) is 0 Å². The summed E-state index contributed by atoms with van der Waals surface area (Å²) in [5, 5.41) is 5.50. The molecule has 0 saturated heterocycles. The van der Waals surface area contributed by atoms with Crippen LogP contribution in [0.5, 0.6) is 0 Å². The van der Waals surface area contributed by atoms with Crippen LogP contribution in [0.15, 0.2) is 0 Å². The molecule has 0 aromatic carbocycles. The molecule has 0 aliphatic carbocycles. The minimum atomic E-state index is -1.57. The van der Waals surface area contributed by atoms with Crippen molar-refractivity contribution < 1.29 is 8.96 Å². The highest BCUT2D eigenvalue weighted by Crippen LogP contribution is 1.78. The van der Waals surface area contributed by atoms with Crippen molar-refractivity contribution in [3.63, 3.8) is 0 Å². The van der Waals surface area contributed by atoms with Crippen molar-refractivity contribution in [2.45, 2.75) is 0 Å². The summed E-state index contributed by atoms with van der Waals surface area (Å²) < 4.78 is 20.5. The van der Waals surface area contributed by atoms with Gasteiger partial charge in [-0.3, -0.25) is 0 Å². The number of hydrogen-bond acceptors (Lipinski definition) is 2. The zero-order chi connectivity index (χ0) is 4.28. The minimum Gasteiger partial charge on any atom is -0.167 e. The van der Waals surface area contributed by atoms with E-state index in [-0.39, 0.29) is 0 Å². The lowest BCUT2D eigenvalue weighted by atomic mass is 11.4. The predicted octanol–water partition coefficient (Wildman–Crippen LogP) is 0.538. The fourth-order valence-corrected chi connectivity index (χ4v) is 0. The molecule has 4 heteroatoms. The molecule has 2 nitrogen and oxygen atoms in total. The van der Waals surface area contributed by atoms with Gasteiger partial charge in [-0.2, -0.15) is 5.26 Å². The van der Waals surface area contributed by atoms with Gasteiger partial charge in [0.2, 0.25) is 6.19 Å². The topological polar surface area (TPSA) is 27.0 Å². The van der Waals surface area contributed by atoms with Crippen LogP contribution in [-0.4, -0.2) is 5.34 Å². The first kappa shape index (κ1) is 4.15. The SMILES string of the molecule is N#CN(F)F. The molecule has 0 aromatic heterocycles. The summed E-state index contributed by atoms with van der Waals surface area (Å²) in [6, 6.07) is 0. The molecule has 0 spiro atoms. The third-order valence-corrected chi connectivity index (χ3v) is 0.0756. The molecule has 0 unspecified atom stereocenters. The fourth-order valence-electron chi connectivity index (χ4n) is 0. The largest absolute Gasteiger partial charge is 0.244 e. The molecule has 0 bridgehead atoms. The van der Waals surface area contributed by atoms with Crippen molar-refractivity contribution in [1.82, 2.24) is 5.34 Å². The second kappa shape index (κ2) is 1.47. The van der Waals surface area contributed by atoms with E-state index in [4.69, 9.17) is 5.26 Å². The first-order valence-electron chi connectivity index (χ1n) is 0.785. The smallest absolute Gasteiger partial charge is 0.167 e. The van der Waals surface area contributed by atoms with Gasteiger partial charge < -0.3 is 0 Å². The van der Waals surface area contributed by atoms with Gasteiger partial charge in [0, 0.05) is 5.34 Å². The maximum atomic E-state index is 10.2. The summed E-state index contributed by atoms with van der Waals surface area (Å²) in [6.45, 7) is 0. The lowest BCUT2D eigenvalue weighted by Gasteiger charge is -1.73. The van der Waals surface area contributed by atoms with E-state index in [2.05, 4.69) is 0 Å². The van der Waals surface area contributed by atoms with E-state index in [1.807, 2.05) is 0 Å². The Labute approximate surface area is 27.1 Å². The van der Waals surface area contributed by atoms with Crippen molar-refractivity contribution in [3.05, 3.63) is 0 Å². The summed E-state index contributed by atoms with van der Waals surface area (Å²) in [5.74, 6) is 0. The van der Waals surface area contributed by atoms with E-state index < -0.39 is 5.34 Å². The minimum absolute atomic E-state index is 0.528. The third kappa shape index (κ3) is 3.15. The van der Waals surface area contributed by atoms with Gasteiger partial charge in [-0.05, 0) is 0 Å². The third-order valence-electron chi connectivity index (χ3n) is 0.0756. The van der Waals surface area contributed by atoms with Crippen LogP contribution in [0.2, 0.25) is 0 Å². The van der Waals surface area contributed by atoms with Crippen molar-refractivity contribution >= 4 is 0 Å². The highest BCUT2D eigenvalue weighted by Gasteiger charge is 1.82. The standard InChI is InChI=1S/CF2N2/c2-5(3)1-4. The van der Waals surface area contributed by atoms with Crippen LogP contribution >= 0.6 is 0 Å². The fraction of sp³-hybridized carbons (Fsp3) is 0. The Morgan fingerprint density at radius 2 is 1.80 bits per heavy atom. The second-order valence-electron chi connectivity index (χ2n) is 0.333. The number of hydrogen-bond donors (Lipinski definition) is 0. The quantitative estimate of drug-likeness (QED) is 0.240. The molecule has 5 heavy (non-hydrogen) atoms. The van der Waals surface area contributed by atoms with Gasteiger partial charge in [-0.1, -0.05) is 8.96 Å². The Morgan fingerprint density at radius 3 is 1.80 bits per heavy atom. The Bertz CT molecular complexity index is 53.2. The molecule has 0 radical (unpaired) electrons. The summed E-state index contributed by atoms with van der Waals surface area (Å²) >= 11 is 0. The lowest BCUT2D eigenvalue weighted by Crippen LogP contribution is -1.82. The molecule has 0 heterocycles. The Balaban J connectivity index is 2.94. The Morgan fingerprint density at radius 1 is 1.60 bits per heavy atom. The van der Waals surface area contributed by atoms with Gasteiger partial charge in [0.1, 0.15) is 0 Å². The van der Waals surface area contributed by atoms with Crippen molar-refractivity contribution in [2.75, 3.05) is 0 Å². The van der Waals surface area contributed by atoms with E-state index in [1.165, 1.54) is 0 Å². The molecule has 0 atom stereocenters. The van der Waals surface area contributed by atoms with Crippen LogP contribution in [0.3, 0.4) is 0 Å². The van der Waals surface area contributed by atoms with Gasteiger partial charge >= 0.3 is 0 Å². The highest BCUT2D eigenvalue weighted by molar-refractivity contribution is 4.49. The van der Waals surface area contributed by atoms with Crippen molar-refractivity contribution in [3.8, 4) is 6.19 Å². The molecule has 0 N–H and O–H groups in total. The summed E-state index contributed by atoms with van der Waals surface area (Å²) in [4.78, 5) is 0. The monoisotopic (exact) mass is 78.0 g/mol. The summed E-state index contributed by atoms with van der Waals surface area (Å²) in [5.41, 5.74) is 0. The normalized spacial score (nSPS) is 5.80. The van der Waals surface area contributed by atoms with Crippen LogP contribution in [0.4, 0.5) is 8.96 Å². The van der Waals surface area contributed by atoms with Gasteiger partial charge in [-0.15, -0.1) is 0 Å². The second-order valence-corrected chi connectivity index (χ2v) is 0.333. The molecule has 0 aromatic rings. The molecular formula is CF2N2. The molecular weight excluding hydrogens is 78.0 g/mol. The zero-order valence-electron chi connectivity index (χ0n) is 2.15. The first-order chi connectivity index (χ1) is 2.27. The maximum Gasteiger partial charge on any atom is 0.244 e. The number of nitrogens with zero attached hydrogens (tertiary/aromatic N) is 2. The van der Waals surface area contributed by atoms with E-state index in [1.54, 1.807) is 0 Å². The predicted molar refractivity (Wildman–Crippen MR) is 9.67 cm³/mol. The van der Waals surface area contributed by atoms with Gasteiger partial charge in [0.25, 0.3) is 0 Å². The van der Waals surface area contributed by atoms with Crippen LogP contribution in [-0.2, 0) is 0 Å². The first-order valence-corrected chi connectivity index (χ1v) is 0.785. The number of halogens is 2. The van der Waals surface area contributed by atoms with Gasteiger partial charge in [0.15, 0.2) is 0 Å². The average molecular weight is 78.0 g/mol. The van der Waals surface area contributed by atoms with Crippen molar-refractivity contribution in [2.24, 2.45) is 0 Å². The molecule has 0 rings (SSSR count). The van der Waals surface area contributed by atoms with E-state index in [0.717, 1.165) is 0 Å². The van der Waals surface area contributed by atoms with E-state index in [0.29, 0.717) is 6.19 Å². The zero-order valence-corrected chi connectivity index (χ0v) is 2.15. The maximum absolute atomic E-state index is 10.2. The molecule has 0 saturated carbocycles. The molecule has 0 fully saturated rings.